The molecule has 0 aromatic heterocycles. The maximum Gasteiger partial charge on any atom is 0.309 e. The number of halogens is 1. The molecule has 0 radical (unpaired) electrons. The largest absolute Gasteiger partial charge is 0.469 e. The van der Waals surface area contributed by atoms with Crippen LogP contribution in [0.5, 0.6) is 0 Å². The molecule has 116 valence electrons. The van der Waals surface area contributed by atoms with Crippen molar-refractivity contribution in [2.24, 2.45) is 0 Å². The van der Waals surface area contributed by atoms with E-state index in [4.69, 9.17) is 11.6 Å². The number of hydrogen-bond donors (Lipinski definition) is 1. The van der Waals surface area contributed by atoms with Gasteiger partial charge >= 0.3 is 5.97 Å². The van der Waals surface area contributed by atoms with E-state index < -0.39 is 0 Å². The minimum atomic E-state index is -0.263. The summed E-state index contributed by atoms with van der Waals surface area (Å²) in [4.78, 5) is 11.3. The molecule has 0 aliphatic rings. The molecule has 0 fully saturated rings. The highest BCUT2D eigenvalue weighted by atomic mass is 35.5. The first-order valence-electron chi connectivity index (χ1n) is 7.42. The Morgan fingerprint density at radius 1 is 1.33 bits per heavy atom. The summed E-state index contributed by atoms with van der Waals surface area (Å²) < 4.78 is 4.66. The molecule has 1 aromatic rings. The van der Waals surface area contributed by atoms with E-state index in [2.05, 4.69) is 30.0 Å². The third-order valence-corrected chi connectivity index (χ3v) is 3.42. The van der Waals surface area contributed by atoms with Crippen molar-refractivity contribution < 1.29 is 9.53 Å². The van der Waals surface area contributed by atoms with E-state index >= 15 is 0 Å². The molecule has 0 saturated carbocycles. The van der Waals surface area contributed by atoms with E-state index in [0.29, 0.717) is 5.02 Å². The molecule has 1 aromatic carbocycles. The van der Waals surface area contributed by atoms with Crippen molar-refractivity contribution in [3.05, 3.63) is 40.6 Å². The molecule has 0 spiro atoms. The van der Waals surface area contributed by atoms with Gasteiger partial charge in [-0.1, -0.05) is 50.4 Å². The topological polar surface area (TPSA) is 38.3 Å². The van der Waals surface area contributed by atoms with E-state index in [-0.39, 0.29) is 12.4 Å². The minimum Gasteiger partial charge on any atom is -0.469 e. The summed E-state index contributed by atoms with van der Waals surface area (Å²) in [6.07, 6.45) is 6.73. The standard InChI is InChI=1S/C17H24ClNO2/c1-4-6-8-14(7-5-2)19-16-10-9-13(11-15(16)18)12-17(20)21-3/h8-11,19H,4-7,12H2,1-3H3/b14-8-. The number of benzene rings is 1. The lowest BCUT2D eigenvalue weighted by Crippen LogP contribution is -2.05. The van der Waals surface area contributed by atoms with Gasteiger partial charge in [-0.25, -0.2) is 0 Å². The molecule has 0 unspecified atom stereocenters. The fourth-order valence-corrected chi connectivity index (χ4v) is 2.24. The molecule has 0 saturated heterocycles. The number of unbranched alkanes of at least 4 members (excludes halogenated alkanes) is 1. The van der Waals surface area contributed by atoms with E-state index in [9.17, 15) is 4.79 Å². The van der Waals surface area contributed by atoms with Crippen LogP contribution in [0.4, 0.5) is 5.69 Å². The van der Waals surface area contributed by atoms with Gasteiger partial charge in [-0.05, 0) is 30.5 Å². The van der Waals surface area contributed by atoms with Crippen molar-refractivity contribution in [2.75, 3.05) is 12.4 Å². The van der Waals surface area contributed by atoms with Crippen molar-refractivity contribution in [1.29, 1.82) is 0 Å². The van der Waals surface area contributed by atoms with Gasteiger partial charge in [0.25, 0.3) is 0 Å². The van der Waals surface area contributed by atoms with Gasteiger partial charge in [0.05, 0.1) is 24.2 Å². The second-order valence-electron chi connectivity index (χ2n) is 4.96. The third-order valence-electron chi connectivity index (χ3n) is 3.10. The zero-order valence-corrected chi connectivity index (χ0v) is 13.8. The quantitative estimate of drug-likeness (QED) is 0.690. The number of esters is 1. The average Bonchev–Trinajstić information content (AvgIpc) is 2.47. The van der Waals surface area contributed by atoms with E-state index in [1.54, 1.807) is 0 Å². The molecule has 3 nitrogen and oxygen atoms in total. The van der Waals surface area contributed by atoms with Crippen LogP contribution >= 0.6 is 11.6 Å². The first-order chi connectivity index (χ1) is 10.1. The van der Waals surface area contributed by atoms with Gasteiger partial charge < -0.3 is 10.1 Å². The Hall–Kier alpha value is -1.48. The summed E-state index contributed by atoms with van der Waals surface area (Å²) in [5, 5.41) is 4.01. The number of methoxy groups -OCH3 is 1. The van der Waals surface area contributed by atoms with Crippen LogP contribution in [0.25, 0.3) is 0 Å². The monoisotopic (exact) mass is 309 g/mol. The average molecular weight is 310 g/mol. The molecule has 0 atom stereocenters. The molecular weight excluding hydrogens is 286 g/mol. The van der Waals surface area contributed by atoms with Crippen LogP contribution in [0.15, 0.2) is 30.0 Å². The first-order valence-corrected chi connectivity index (χ1v) is 7.79. The Balaban J connectivity index is 2.81. The van der Waals surface area contributed by atoms with Gasteiger partial charge in [0, 0.05) is 5.70 Å². The van der Waals surface area contributed by atoms with Crippen LogP contribution in [0.2, 0.25) is 5.02 Å². The fraction of sp³-hybridized carbons (Fsp3) is 0.471. The van der Waals surface area contributed by atoms with Gasteiger partial charge in [-0.2, -0.15) is 0 Å². The molecular formula is C17H24ClNO2. The fourth-order valence-electron chi connectivity index (χ4n) is 1.99. The van der Waals surface area contributed by atoms with Crippen LogP contribution in [0, 0.1) is 0 Å². The SMILES string of the molecule is CCC/C=C(/CCC)Nc1ccc(CC(=O)OC)cc1Cl. The highest BCUT2D eigenvalue weighted by Crippen LogP contribution is 2.26. The Labute approximate surface area is 132 Å². The Bertz CT molecular complexity index is 498. The van der Waals surface area contributed by atoms with Crippen LogP contribution < -0.4 is 5.32 Å². The maximum atomic E-state index is 11.3. The summed E-state index contributed by atoms with van der Waals surface area (Å²) in [5.74, 6) is -0.263. The second kappa shape index (κ2) is 9.46. The molecule has 0 bridgehead atoms. The number of ether oxygens (including phenoxy) is 1. The van der Waals surface area contributed by atoms with Gasteiger partial charge in [-0.15, -0.1) is 0 Å². The lowest BCUT2D eigenvalue weighted by molar-refractivity contribution is -0.139. The Morgan fingerprint density at radius 3 is 2.67 bits per heavy atom. The maximum absolute atomic E-state index is 11.3. The normalized spacial score (nSPS) is 11.3. The first kappa shape index (κ1) is 17.6. The lowest BCUT2D eigenvalue weighted by Gasteiger charge is -2.13. The lowest BCUT2D eigenvalue weighted by atomic mass is 10.1. The third kappa shape index (κ3) is 6.21. The number of carbonyl (C=O) groups is 1. The van der Waals surface area contributed by atoms with E-state index in [0.717, 1.165) is 36.9 Å². The molecule has 1 rings (SSSR count). The smallest absolute Gasteiger partial charge is 0.309 e. The van der Waals surface area contributed by atoms with Crippen molar-refractivity contribution in [2.45, 2.75) is 46.0 Å². The number of anilines is 1. The second-order valence-corrected chi connectivity index (χ2v) is 5.37. The molecule has 1 N–H and O–H groups in total. The molecule has 0 amide bonds. The summed E-state index contributed by atoms with van der Waals surface area (Å²) in [5.41, 5.74) is 2.93. The van der Waals surface area contributed by atoms with Crippen LogP contribution in [0.1, 0.15) is 45.1 Å². The van der Waals surface area contributed by atoms with Gasteiger partial charge in [0.15, 0.2) is 0 Å². The van der Waals surface area contributed by atoms with Crippen molar-refractivity contribution in [3.8, 4) is 0 Å². The number of rotatable bonds is 8. The highest BCUT2D eigenvalue weighted by Gasteiger charge is 2.07. The molecule has 0 aliphatic heterocycles. The summed E-state index contributed by atoms with van der Waals surface area (Å²) in [6.45, 7) is 4.32. The van der Waals surface area contributed by atoms with E-state index in [1.807, 2.05) is 18.2 Å². The Morgan fingerprint density at radius 2 is 2.10 bits per heavy atom. The molecule has 21 heavy (non-hydrogen) atoms. The van der Waals surface area contributed by atoms with Gasteiger partial charge in [-0.3, -0.25) is 4.79 Å². The van der Waals surface area contributed by atoms with Gasteiger partial charge in [0.2, 0.25) is 0 Å². The summed E-state index contributed by atoms with van der Waals surface area (Å²) >= 11 is 6.29. The predicted molar refractivity (Wildman–Crippen MR) is 88.7 cm³/mol. The molecule has 0 heterocycles. The van der Waals surface area contributed by atoms with Crippen molar-refractivity contribution in [1.82, 2.24) is 0 Å². The van der Waals surface area contributed by atoms with E-state index in [1.165, 1.54) is 12.8 Å². The van der Waals surface area contributed by atoms with Crippen LogP contribution in [-0.2, 0) is 16.0 Å². The summed E-state index contributed by atoms with van der Waals surface area (Å²) in [6, 6.07) is 5.62. The van der Waals surface area contributed by atoms with Crippen molar-refractivity contribution >= 4 is 23.3 Å². The Kier molecular flexibility index (Phi) is 7.91. The zero-order chi connectivity index (χ0) is 15.7. The van der Waals surface area contributed by atoms with Crippen LogP contribution in [0.3, 0.4) is 0 Å². The molecule has 0 aliphatic carbocycles. The highest BCUT2D eigenvalue weighted by molar-refractivity contribution is 6.33. The number of hydrogen-bond acceptors (Lipinski definition) is 3. The van der Waals surface area contributed by atoms with Crippen LogP contribution in [-0.4, -0.2) is 13.1 Å². The predicted octanol–water partition coefficient (Wildman–Crippen LogP) is 4.95. The summed E-state index contributed by atoms with van der Waals surface area (Å²) in [7, 11) is 1.38. The number of allylic oxidation sites excluding steroid dienone is 2. The number of carbonyl (C=O) groups excluding carboxylic acids is 1. The van der Waals surface area contributed by atoms with Gasteiger partial charge in [0.1, 0.15) is 0 Å². The minimum absolute atomic E-state index is 0.240. The zero-order valence-electron chi connectivity index (χ0n) is 13.0. The van der Waals surface area contributed by atoms with Crippen molar-refractivity contribution in [3.63, 3.8) is 0 Å². The molecule has 4 heteroatoms. The number of nitrogens with one attached hydrogen (secondary N) is 1.